The van der Waals surface area contributed by atoms with Gasteiger partial charge < -0.3 is 9.30 Å². The van der Waals surface area contributed by atoms with Gasteiger partial charge in [0.1, 0.15) is 6.54 Å². The Morgan fingerprint density at radius 3 is 2.39 bits per heavy atom. The van der Waals surface area contributed by atoms with Crippen molar-refractivity contribution in [1.29, 1.82) is 0 Å². The fraction of sp³-hybridized carbons (Fsp3) is 0.375. The lowest BCUT2D eigenvalue weighted by Gasteiger charge is -2.34. The van der Waals surface area contributed by atoms with Gasteiger partial charge in [-0.25, -0.2) is 22.0 Å². The number of amides is 1. The first-order valence-electron chi connectivity index (χ1n) is 11.9. The summed E-state index contributed by atoms with van der Waals surface area (Å²) < 4.78 is 58.2. The zero-order valence-electron chi connectivity index (χ0n) is 20.9. The number of esters is 1. The Labute approximate surface area is 224 Å². The molecule has 1 amide bonds. The third kappa shape index (κ3) is 5.73. The summed E-state index contributed by atoms with van der Waals surface area (Å²) in [5.74, 6) is -1.25. The second kappa shape index (κ2) is 11.1. The predicted octanol–water partition coefficient (Wildman–Crippen LogP) is 2.22. The molecule has 1 aromatic heterocycles. The topological polar surface area (TPSA) is 158 Å². The van der Waals surface area contributed by atoms with Gasteiger partial charge in [0.25, 0.3) is 5.91 Å². The molecule has 0 unspecified atom stereocenters. The number of benzene rings is 2. The second-order valence-electron chi connectivity index (χ2n) is 8.84. The van der Waals surface area contributed by atoms with Crippen molar-refractivity contribution in [2.24, 2.45) is 10.1 Å². The normalized spacial score (nSPS) is 17.6. The second-order valence-corrected chi connectivity index (χ2v) is 13.3. The van der Waals surface area contributed by atoms with Crippen molar-refractivity contribution in [1.82, 2.24) is 8.87 Å². The molecule has 0 aliphatic carbocycles. The van der Waals surface area contributed by atoms with Crippen LogP contribution >= 0.6 is 11.3 Å². The number of carbonyl (C=O) groups excluding carboxylic acids is 2. The van der Waals surface area contributed by atoms with E-state index in [1.54, 1.807) is 4.31 Å². The number of fused-ring (bicyclic) bond motifs is 1. The van der Waals surface area contributed by atoms with Crippen LogP contribution in [0.2, 0.25) is 0 Å². The van der Waals surface area contributed by atoms with Crippen LogP contribution in [-0.4, -0.2) is 57.3 Å². The molecule has 4 rings (SSSR count). The summed E-state index contributed by atoms with van der Waals surface area (Å²) in [5, 5.41) is 5.23. The van der Waals surface area contributed by atoms with Crippen LogP contribution < -0.4 is 9.94 Å². The van der Waals surface area contributed by atoms with Gasteiger partial charge in [0.05, 0.1) is 27.1 Å². The number of hydrogen-bond acceptors (Lipinski definition) is 8. The summed E-state index contributed by atoms with van der Waals surface area (Å²) in [5.41, 5.74) is 0.620. The van der Waals surface area contributed by atoms with Crippen molar-refractivity contribution >= 4 is 53.5 Å². The number of methoxy groups -OCH3 is 1. The first kappa shape index (κ1) is 28.1. The Morgan fingerprint density at radius 2 is 1.76 bits per heavy atom. The number of ether oxygens (including phenoxy) is 1. The number of primary sulfonamides is 1. The van der Waals surface area contributed by atoms with Crippen molar-refractivity contribution in [2.75, 3.05) is 13.7 Å². The standard InChI is InChI=1S/C24H28N4O7S3/c1-3-17-6-4-5-13-28(17)38(33,34)18-9-7-16(8-10-18)23(30)26-24-27(15-22(29)35-2)20-12-11-19(37(25,31)32)14-21(20)36-24/h7-12,14,17H,3-6,13,15H2,1-2H3,(H2,25,31,32)/t17-/m0/s1. The molecule has 1 atom stereocenters. The molecular weight excluding hydrogens is 552 g/mol. The molecule has 0 radical (unpaired) electrons. The summed E-state index contributed by atoms with van der Waals surface area (Å²) in [6.07, 6.45) is 3.36. The van der Waals surface area contributed by atoms with Crippen LogP contribution in [0, 0.1) is 0 Å². The van der Waals surface area contributed by atoms with Crippen LogP contribution in [-0.2, 0) is 36.1 Å². The molecule has 3 aromatic rings. The van der Waals surface area contributed by atoms with Crippen LogP contribution in [0.3, 0.4) is 0 Å². The van der Waals surface area contributed by atoms with Gasteiger partial charge in [0, 0.05) is 18.2 Å². The molecule has 0 bridgehead atoms. The molecule has 2 N–H and O–H groups in total. The van der Waals surface area contributed by atoms with Gasteiger partial charge in [-0.15, -0.1) is 0 Å². The fourth-order valence-corrected chi connectivity index (χ4v) is 7.87. The maximum Gasteiger partial charge on any atom is 0.325 e. The van der Waals surface area contributed by atoms with Gasteiger partial charge in [-0.3, -0.25) is 9.59 Å². The minimum atomic E-state index is -3.97. The van der Waals surface area contributed by atoms with Crippen LogP contribution in [0.15, 0.2) is 57.2 Å². The van der Waals surface area contributed by atoms with Crippen molar-refractivity contribution < 1.29 is 31.2 Å². The first-order chi connectivity index (χ1) is 18.0. The molecule has 204 valence electrons. The number of aromatic nitrogens is 1. The summed E-state index contributed by atoms with van der Waals surface area (Å²) in [7, 11) is -6.45. The third-order valence-electron chi connectivity index (χ3n) is 6.45. The van der Waals surface area contributed by atoms with E-state index in [2.05, 4.69) is 4.99 Å². The Bertz CT molecular complexity index is 1660. The summed E-state index contributed by atoms with van der Waals surface area (Å²) in [6.45, 7) is 2.18. The summed E-state index contributed by atoms with van der Waals surface area (Å²) >= 11 is 1.00. The maximum absolute atomic E-state index is 13.2. The van der Waals surface area contributed by atoms with Crippen molar-refractivity contribution in [3.05, 3.63) is 52.8 Å². The predicted molar refractivity (Wildman–Crippen MR) is 141 cm³/mol. The van der Waals surface area contributed by atoms with Crippen LogP contribution in [0.5, 0.6) is 0 Å². The Kier molecular flexibility index (Phi) is 8.18. The van der Waals surface area contributed by atoms with Crippen molar-refractivity contribution in [2.45, 2.75) is 55.0 Å². The van der Waals surface area contributed by atoms with Gasteiger partial charge in [-0.05, 0) is 61.7 Å². The Balaban J connectivity index is 1.70. The van der Waals surface area contributed by atoms with Crippen molar-refractivity contribution in [3.63, 3.8) is 0 Å². The van der Waals surface area contributed by atoms with Gasteiger partial charge in [-0.1, -0.05) is 24.7 Å². The molecule has 2 heterocycles. The van der Waals surface area contributed by atoms with Crippen molar-refractivity contribution in [3.8, 4) is 0 Å². The number of piperidine rings is 1. The minimum Gasteiger partial charge on any atom is -0.468 e. The number of thiazole rings is 1. The first-order valence-corrected chi connectivity index (χ1v) is 15.7. The molecule has 2 aromatic carbocycles. The molecular formula is C24H28N4O7S3. The van der Waals surface area contributed by atoms with E-state index in [1.807, 2.05) is 6.92 Å². The van der Waals surface area contributed by atoms with Gasteiger partial charge in [0.15, 0.2) is 4.80 Å². The highest BCUT2D eigenvalue weighted by molar-refractivity contribution is 7.89. The van der Waals surface area contributed by atoms with E-state index in [1.165, 1.54) is 54.1 Å². The fourth-order valence-electron chi connectivity index (χ4n) is 4.42. The van der Waals surface area contributed by atoms with Crippen LogP contribution in [0.25, 0.3) is 10.2 Å². The zero-order chi connectivity index (χ0) is 27.7. The molecule has 11 nitrogen and oxygen atoms in total. The molecule has 14 heteroatoms. The number of sulfonamides is 2. The average molecular weight is 581 g/mol. The monoisotopic (exact) mass is 580 g/mol. The molecule has 1 saturated heterocycles. The van der Waals surface area contributed by atoms with Crippen LogP contribution in [0.1, 0.15) is 43.0 Å². The highest BCUT2D eigenvalue weighted by atomic mass is 32.2. The lowest BCUT2D eigenvalue weighted by Crippen LogP contribution is -2.43. The van der Waals surface area contributed by atoms with E-state index in [0.717, 1.165) is 37.0 Å². The Morgan fingerprint density at radius 1 is 1.08 bits per heavy atom. The zero-order valence-corrected chi connectivity index (χ0v) is 23.3. The van der Waals surface area contributed by atoms with E-state index in [9.17, 15) is 26.4 Å². The van der Waals surface area contributed by atoms with E-state index < -0.39 is 31.9 Å². The number of nitrogens with two attached hydrogens (primary N) is 1. The van der Waals surface area contributed by atoms with E-state index in [-0.39, 0.29) is 32.7 Å². The Hall–Kier alpha value is -2.91. The quantitative estimate of drug-likeness (QED) is 0.420. The molecule has 0 saturated carbocycles. The molecule has 1 fully saturated rings. The molecule has 38 heavy (non-hydrogen) atoms. The highest BCUT2D eigenvalue weighted by Crippen LogP contribution is 2.27. The van der Waals surface area contributed by atoms with Crippen LogP contribution in [0.4, 0.5) is 0 Å². The molecule has 1 aliphatic rings. The molecule has 0 spiro atoms. The maximum atomic E-state index is 13.2. The number of rotatable bonds is 7. The lowest BCUT2D eigenvalue weighted by molar-refractivity contribution is -0.141. The largest absolute Gasteiger partial charge is 0.468 e. The van der Waals surface area contributed by atoms with Gasteiger partial charge in [-0.2, -0.15) is 9.30 Å². The minimum absolute atomic E-state index is 0.0435. The van der Waals surface area contributed by atoms with E-state index in [4.69, 9.17) is 9.88 Å². The lowest BCUT2D eigenvalue weighted by atomic mass is 10.0. The average Bonchev–Trinajstić information content (AvgIpc) is 3.23. The van der Waals surface area contributed by atoms with E-state index in [0.29, 0.717) is 16.8 Å². The summed E-state index contributed by atoms with van der Waals surface area (Å²) in [6, 6.07) is 9.67. The third-order valence-corrected chi connectivity index (χ3v) is 10.4. The van der Waals surface area contributed by atoms with E-state index >= 15 is 0 Å². The SMILES string of the molecule is CC[C@H]1CCCCN1S(=O)(=O)c1ccc(C(=O)N=c2sc3cc(S(N)(=O)=O)ccc3n2CC(=O)OC)cc1. The van der Waals surface area contributed by atoms with Gasteiger partial charge >= 0.3 is 5.97 Å². The summed E-state index contributed by atoms with van der Waals surface area (Å²) in [4.78, 5) is 29.3. The highest BCUT2D eigenvalue weighted by Gasteiger charge is 2.32. The number of hydrogen-bond donors (Lipinski definition) is 1. The molecule has 1 aliphatic heterocycles. The van der Waals surface area contributed by atoms with Gasteiger partial charge in [0.2, 0.25) is 20.0 Å². The number of carbonyl (C=O) groups is 2. The smallest absolute Gasteiger partial charge is 0.325 e. The number of nitrogens with zero attached hydrogens (tertiary/aromatic N) is 3.